The van der Waals surface area contributed by atoms with Gasteiger partial charge in [-0.15, -0.1) is 13.2 Å². The molecular formula is C23H26N2O. The minimum Gasteiger partial charge on any atom is -0.350 e. The summed E-state index contributed by atoms with van der Waals surface area (Å²) in [6.07, 6.45) is 7.52. The van der Waals surface area contributed by atoms with Crippen LogP contribution in [0.1, 0.15) is 11.1 Å². The van der Waals surface area contributed by atoms with E-state index in [4.69, 9.17) is 0 Å². The molecule has 0 aromatic heterocycles. The molecule has 0 aliphatic rings. The van der Waals surface area contributed by atoms with E-state index < -0.39 is 6.04 Å². The van der Waals surface area contributed by atoms with Crippen LogP contribution < -0.4 is 5.32 Å². The molecule has 1 unspecified atom stereocenters. The number of hydrogen-bond donors (Lipinski definition) is 1. The van der Waals surface area contributed by atoms with Crippen LogP contribution in [-0.2, 0) is 11.3 Å². The molecule has 2 aromatic carbocycles. The summed E-state index contributed by atoms with van der Waals surface area (Å²) in [4.78, 5) is 14.9. The van der Waals surface area contributed by atoms with Crippen molar-refractivity contribution >= 4 is 12.0 Å². The lowest BCUT2D eigenvalue weighted by atomic mass is 10.1. The molecule has 2 aromatic rings. The van der Waals surface area contributed by atoms with E-state index in [2.05, 4.69) is 18.5 Å². The summed E-state index contributed by atoms with van der Waals surface area (Å²) >= 11 is 0. The maximum absolute atomic E-state index is 12.9. The molecule has 0 fully saturated rings. The van der Waals surface area contributed by atoms with Gasteiger partial charge in [-0.1, -0.05) is 85.0 Å². The molecular weight excluding hydrogens is 320 g/mol. The van der Waals surface area contributed by atoms with Crippen molar-refractivity contribution in [1.82, 2.24) is 10.2 Å². The quantitative estimate of drug-likeness (QED) is 0.658. The lowest BCUT2D eigenvalue weighted by molar-refractivity contribution is -0.124. The van der Waals surface area contributed by atoms with Crippen LogP contribution in [0.25, 0.3) is 6.08 Å². The van der Waals surface area contributed by atoms with Crippen LogP contribution in [0.2, 0.25) is 0 Å². The predicted molar refractivity (Wildman–Crippen MR) is 110 cm³/mol. The predicted octanol–water partition coefficient (Wildman–Crippen LogP) is 4.06. The lowest BCUT2D eigenvalue weighted by Gasteiger charge is -2.26. The Hall–Kier alpha value is -2.91. The van der Waals surface area contributed by atoms with Crippen LogP contribution in [0, 0.1) is 0 Å². The number of nitrogens with one attached hydrogen (secondary N) is 1. The van der Waals surface area contributed by atoms with Crippen molar-refractivity contribution in [3.8, 4) is 0 Å². The fraction of sp³-hybridized carbons (Fsp3) is 0.174. The fourth-order valence-electron chi connectivity index (χ4n) is 2.66. The van der Waals surface area contributed by atoms with Crippen molar-refractivity contribution in [1.29, 1.82) is 0 Å². The average Bonchev–Trinajstić information content (AvgIpc) is 2.68. The van der Waals surface area contributed by atoms with Crippen molar-refractivity contribution in [2.75, 3.05) is 13.1 Å². The van der Waals surface area contributed by atoms with E-state index in [-0.39, 0.29) is 5.91 Å². The third-order valence-corrected chi connectivity index (χ3v) is 3.97. The Morgan fingerprint density at radius 2 is 1.54 bits per heavy atom. The van der Waals surface area contributed by atoms with E-state index in [9.17, 15) is 4.79 Å². The summed E-state index contributed by atoms with van der Waals surface area (Å²) in [5.74, 6) is -0.0373. The Morgan fingerprint density at radius 1 is 0.962 bits per heavy atom. The molecule has 3 heteroatoms. The summed E-state index contributed by atoms with van der Waals surface area (Å²) in [7, 11) is 0. The largest absolute Gasteiger partial charge is 0.350 e. The molecule has 1 amide bonds. The van der Waals surface area contributed by atoms with Gasteiger partial charge in [0.05, 0.1) is 0 Å². The van der Waals surface area contributed by atoms with Gasteiger partial charge in [0.1, 0.15) is 6.04 Å². The molecule has 26 heavy (non-hydrogen) atoms. The second kappa shape index (κ2) is 10.9. The van der Waals surface area contributed by atoms with Gasteiger partial charge in [-0.3, -0.25) is 9.69 Å². The summed E-state index contributed by atoms with van der Waals surface area (Å²) in [5, 5.41) is 3.03. The molecule has 0 spiro atoms. The van der Waals surface area contributed by atoms with Gasteiger partial charge in [0.25, 0.3) is 0 Å². The van der Waals surface area contributed by atoms with E-state index in [1.165, 1.54) is 0 Å². The number of carbonyl (C=O) groups excluding carboxylic acids is 1. The van der Waals surface area contributed by atoms with Crippen LogP contribution in [0.5, 0.6) is 0 Å². The molecule has 3 nitrogen and oxygen atoms in total. The Labute approximate surface area is 156 Å². The Morgan fingerprint density at radius 3 is 2.12 bits per heavy atom. The molecule has 134 valence electrons. The third kappa shape index (κ3) is 6.19. The third-order valence-electron chi connectivity index (χ3n) is 3.97. The zero-order valence-corrected chi connectivity index (χ0v) is 15.1. The van der Waals surface area contributed by atoms with Gasteiger partial charge in [-0.25, -0.2) is 0 Å². The SMILES string of the molecule is C=CCN(CC=C)C(C=Cc1ccccc1)C(=O)NCc1ccccc1. The molecule has 0 radical (unpaired) electrons. The molecule has 0 saturated heterocycles. The smallest absolute Gasteiger partial charge is 0.241 e. The van der Waals surface area contributed by atoms with Crippen LogP contribution in [0.3, 0.4) is 0 Å². The molecule has 0 saturated carbocycles. The lowest BCUT2D eigenvalue weighted by Crippen LogP contribution is -2.45. The van der Waals surface area contributed by atoms with Gasteiger partial charge in [0.2, 0.25) is 5.91 Å². The van der Waals surface area contributed by atoms with Gasteiger partial charge in [-0.05, 0) is 11.1 Å². The molecule has 1 atom stereocenters. The average molecular weight is 346 g/mol. The van der Waals surface area contributed by atoms with E-state index in [1.54, 1.807) is 12.2 Å². The summed E-state index contributed by atoms with van der Waals surface area (Å²) in [6.45, 7) is 9.33. The maximum Gasteiger partial charge on any atom is 0.241 e. The Balaban J connectivity index is 2.14. The highest BCUT2D eigenvalue weighted by atomic mass is 16.2. The van der Waals surface area contributed by atoms with E-state index in [0.29, 0.717) is 19.6 Å². The topological polar surface area (TPSA) is 32.3 Å². The number of carbonyl (C=O) groups is 1. The van der Waals surface area contributed by atoms with Crippen molar-refractivity contribution in [2.24, 2.45) is 0 Å². The number of benzene rings is 2. The normalized spacial score (nSPS) is 12.0. The molecule has 1 N–H and O–H groups in total. The first-order valence-corrected chi connectivity index (χ1v) is 8.75. The highest BCUT2D eigenvalue weighted by Crippen LogP contribution is 2.08. The van der Waals surface area contributed by atoms with E-state index in [1.807, 2.05) is 77.7 Å². The summed E-state index contributed by atoms with van der Waals surface area (Å²) in [6, 6.07) is 19.5. The van der Waals surface area contributed by atoms with Gasteiger partial charge in [0, 0.05) is 19.6 Å². The van der Waals surface area contributed by atoms with Crippen LogP contribution >= 0.6 is 0 Å². The van der Waals surface area contributed by atoms with E-state index >= 15 is 0 Å². The zero-order chi connectivity index (χ0) is 18.6. The van der Waals surface area contributed by atoms with Gasteiger partial charge in [0.15, 0.2) is 0 Å². The molecule has 0 bridgehead atoms. The number of nitrogens with zero attached hydrogens (tertiary/aromatic N) is 1. The monoisotopic (exact) mass is 346 g/mol. The zero-order valence-electron chi connectivity index (χ0n) is 15.1. The van der Waals surface area contributed by atoms with E-state index in [0.717, 1.165) is 11.1 Å². The maximum atomic E-state index is 12.9. The standard InChI is InChI=1S/C23H26N2O/c1-3-17-25(18-4-2)22(16-15-20-11-7-5-8-12-20)23(26)24-19-21-13-9-6-10-14-21/h3-16,22H,1-2,17-19H2,(H,24,26). The van der Waals surface area contributed by atoms with Crippen LogP contribution in [0.4, 0.5) is 0 Å². The minimum atomic E-state index is -0.394. The summed E-state index contributed by atoms with van der Waals surface area (Å²) in [5.41, 5.74) is 2.14. The first kappa shape index (κ1) is 19.4. The fourth-order valence-corrected chi connectivity index (χ4v) is 2.66. The highest BCUT2D eigenvalue weighted by molar-refractivity contribution is 5.84. The van der Waals surface area contributed by atoms with Crippen molar-refractivity contribution in [3.63, 3.8) is 0 Å². The number of hydrogen-bond acceptors (Lipinski definition) is 2. The molecule has 0 aliphatic heterocycles. The number of amides is 1. The highest BCUT2D eigenvalue weighted by Gasteiger charge is 2.21. The van der Waals surface area contributed by atoms with Crippen molar-refractivity contribution in [2.45, 2.75) is 12.6 Å². The second-order valence-electron chi connectivity index (χ2n) is 5.95. The van der Waals surface area contributed by atoms with Crippen LogP contribution in [0.15, 0.2) is 92.0 Å². The molecule has 2 rings (SSSR count). The van der Waals surface area contributed by atoms with Crippen molar-refractivity contribution in [3.05, 3.63) is 103 Å². The van der Waals surface area contributed by atoms with Gasteiger partial charge < -0.3 is 5.32 Å². The first-order valence-electron chi connectivity index (χ1n) is 8.75. The van der Waals surface area contributed by atoms with Gasteiger partial charge in [-0.2, -0.15) is 0 Å². The summed E-state index contributed by atoms with van der Waals surface area (Å²) < 4.78 is 0. The minimum absolute atomic E-state index is 0.0373. The number of rotatable bonds is 10. The molecule has 0 heterocycles. The van der Waals surface area contributed by atoms with Crippen molar-refractivity contribution < 1.29 is 4.79 Å². The Bertz CT molecular complexity index is 712. The molecule has 0 aliphatic carbocycles. The van der Waals surface area contributed by atoms with Crippen LogP contribution in [-0.4, -0.2) is 29.9 Å². The first-order chi connectivity index (χ1) is 12.7. The second-order valence-corrected chi connectivity index (χ2v) is 5.95. The van der Waals surface area contributed by atoms with Gasteiger partial charge >= 0.3 is 0 Å². The Kier molecular flexibility index (Phi) is 8.10.